The van der Waals surface area contributed by atoms with E-state index in [1.54, 1.807) is 23.1 Å². The summed E-state index contributed by atoms with van der Waals surface area (Å²) in [4.78, 5) is 56.3. The molecule has 3 aromatic carbocycles. The molecule has 3 unspecified atom stereocenters. The summed E-state index contributed by atoms with van der Waals surface area (Å²) in [5.74, 6) is -1.12. The number of hydrogen-bond donors (Lipinski definition) is 5. The highest BCUT2D eigenvalue weighted by Crippen LogP contribution is 2.40. The highest BCUT2D eigenvalue weighted by Gasteiger charge is 2.41. The summed E-state index contributed by atoms with van der Waals surface area (Å²) in [6, 6.07) is 22.3. The predicted molar refractivity (Wildman–Crippen MR) is 188 cm³/mol. The van der Waals surface area contributed by atoms with Gasteiger partial charge in [-0.2, -0.15) is 5.21 Å². The molecule has 0 spiro atoms. The SMILES string of the molecule is Cc1ccccc1C1CC(NC(=O)Nc2cccc(C(=O)Nc3nn[nH]n3)c2)C(=O)N(CC(=O)NC2(C)CCCCC2)C(c2ccccc2)C1. The number of nitrogens with zero attached hydrogens (tertiary/aromatic N) is 4. The molecule has 1 saturated heterocycles. The topological polar surface area (TPSA) is 174 Å². The molecule has 3 atom stereocenters. The molecule has 6 rings (SSSR count). The average molecular weight is 678 g/mol. The molecule has 2 aliphatic rings. The fourth-order valence-electron chi connectivity index (χ4n) is 7.27. The minimum atomic E-state index is -0.934. The van der Waals surface area contributed by atoms with Gasteiger partial charge in [0, 0.05) is 16.8 Å². The molecule has 13 nitrogen and oxygen atoms in total. The molecular weight excluding hydrogens is 634 g/mol. The first kappa shape index (κ1) is 34.3. The number of carbonyl (C=O) groups is 4. The summed E-state index contributed by atoms with van der Waals surface area (Å²) in [6.07, 6.45) is 5.96. The second-order valence-electron chi connectivity index (χ2n) is 13.5. The number of rotatable bonds is 9. The molecule has 50 heavy (non-hydrogen) atoms. The van der Waals surface area contributed by atoms with E-state index in [9.17, 15) is 19.2 Å². The zero-order valence-electron chi connectivity index (χ0n) is 28.3. The molecule has 260 valence electrons. The second-order valence-corrected chi connectivity index (χ2v) is 13.5. The summed E-state index contributed by atoms with van der Waals surface area (Å²) in [7, 11) is 0. The van der Waals surface area contributed by atoms with Crippen LogP contribution in [0.25, 0.3) is 0 Å². The van der Waals surface area contributed by atoms with Gasteiger partial charge in [-0.3, -0.25) is 19.7 Å². The number of urea groups is 1. The van der Waals surface area contributed by atoms with E-state index in [1.807, 2.05) is 55.5 Å². The molecule has 5 amide bonds. The molecular formula is C37H43N9O4. The lowest BCUT2D eigenvalue weighted by Gasteiger charge is -2.37. The van der Waals surface area contributed by atoms with E-state index in [0.29, 0.717) is 18.5 Å². The van der Waals surface area contributed by atoms with Crippen molar-refractivity contribution >= 4 is 35.4 Å². The summed E-state index contributed by atoms with van der Waals surface area (Å²) in [5.41, 5.74) is 3.40. The Balaban J connectivity index is 1.27. The zero-order valence-corrected chi connectivity index (χ0v) is 28.3. The quantitative estimate of drug-likeness (QED) is 0.161. The van der Waals surface area contributed by atoms with Crippen molar-refractivity contribution in [2.45, 2.75) is 82.3 Å². The first-order valence-corrected chi connectivity index (χ1v) is 17.1. The van der Waals surface area contributed by atoms with Crippen LogP contribution in [0.1, 0.15) is 90.9 Å². The van der Waals surface area contributed by atoms with E-state index in [-0.39, 0.29) is 41.3 Å². The monoisotopic (exact) mass is 677 g/mol. The fourth-order valence-corrected chi connectivity index (χ4v) is 7.27. The summed E-state index contributed by atoms with van der Waals surface area (Å²) in [5, 5.41) is 24.6. The first-order valence-electron chi connectivity index (χ1n) is 17.1. The third-order valence-electron chi connectivity index (χ3n) is 9.77. The molecule has 1 aromatic heterocycles. The standard InChI is InChI=1S/C37H43N9O4/c1-24-12-7-8-17-29(24)27-21-30(39-36(50)38-28-16-11-15-26(20-28)33(48)40-35-42-44-45-43-35)34(49)46(31(22-27)25-13-5-3-6-14-25)23-32(47)41-37(2)18-9-4-10-19-37/h3,5-8,11-17,20,27,30-31H,4,9-10,18-19,21-23H2,1-2H3,(H,41,47)(H2,38,39,50)(H2,40,42,43,44,45,48). The normalized spacial score (nSPS) is 20.3. The van der Waals surface area contributed by atoms with E-state index in [2.05, 4.69) is 54.9 Å². The van der Waals surface area contributed by atoms with Crippen molar-refractivity contribution < 1.29 is 19.2 Å². The van der Waals surface area contributed by atoms with Crippen LogP contribution < -0.4 is 21.3 Å². The number of H-pyrrole nitrogens is 1. The third-order valence-corrected chi connectivity index (χ3v) is 9.77. The average Bonchev–Trinajstić information content (AvgIpc) is 3.58. The predicted octanol–water partition coefficient (Wildman–Crippen LogP) is 5.24. The largest absolute Gasteiger partial charge is 0.349 e. The number of aryl methyl sites for hydroxylation is 1. The van der Waals surface area contributed by atoms with Crippen LogP contribution in [0.5, 0.6) is 0 Å². The van der Waals surface area contributed by atoms with Gasteiger partial charge in [-0.25, -0.2) is 4.79 Å². The van der Waals surface area contributed by atoms with Crippen LogP contribution in [0.4, 0.5) is 16.4 Å². The second kappa shape index (κ2) is 15.3. The van der Waals surface area contributed by atoms with Crippen molar-refractivity contribution in [3.63, 3.8) is 0 Å². The Morgan fingerprint density at radius 2 is 1.68 bits per heavy atom. The van der Waals surface area contributed by atoms with E-state index in [1.165, 1.54) is 6.07 Å². The number of nitrogens with one attached hydrogen (secondary N) is 5. The number of benzene rings is 3. The fraction of sp³-hybridized carbons (Fsp3) is 0.378. The number of aromatic amines is 1. The van der Waals surface area contributed by atoms with Crippen LogP contribution in [0.3, 0.4) is 0 Å². The highest BCUT2D eigenvalue weighted by atomic mass is 16.2. The van der Waals surface area contributed by atoms with Gasteiger partial charge in [0.1, 0.15) is 12.6 Å². The Hall–Kier alpha value is -5.59. The van der Waals surface area contributed by atoms with E-state index < -0.39 is 24.0 Å². The molecule has 2 fully saturated rings. The van der Waals surface area contributed by atoms with Gasteiger partial charge in [0.2, 0.25) is 11.8 Å². The minimum Gasteiger partial charge on any atom is -0.349 e. The van der Waals surface area contributed by atoms with E-state index >= 15 is 0 Å². The smallest absolute Gasteiger partial charge is 0.319 e. The van der Waals surface area contributed by atoms with Gasteiger partial charge in [-0.05, 0) is 85.6 Å². The Morgan fingerprint density at radius 1 is 0.920 bits per heavy atom. The number of tetrazole rings is 1. The van der Waals surface area contributed by atoms with Crippen LogP contribution >= 0.6 is 0 Å². The molecule has 1 aliphatic heterocycles. The number of amides is 5. The van der Waals surface area contributed by atoms with Crippen molar-refractivity contribution in [1.29, 1.82) is 0 Å². The van der Waals surface area contributed by atoms with Gasteiger partial charge in [-0.15, -0.1) is 5.10 Å². The van der Waals surface area contributed by atoms with Gasteiger partial charge >= 0.3 is 6.03 Å². The van der Waals surface area contributed by atoms with E-state index in [0.717, 1.165) is 48.8 Å². The molecule has 0 bridgehead atoms. The van der Waals surface area contributed by atoms with Crippen molar-refractivity contribution in [2.24, 2.45) is 0 Å². The summed E-state index contributed by atoms with van der Waals surface area (Å²) in [6.45, 7) is 3.99. The van der Waals surface area contributed by atoms with Crippen LogP contribution in [0.2, 0.25) is 0 Å². The molecule has 4 aromatic rings. The Morgan fingerprint density at radius 3 is 2.42 bits per heavy atom. The van der Waals surface area contributed by atoms with Gasteiger partial charge in [-0.1, -0.05) is 85.0 Å². The lowest BCUT2D eigenvalue weighted by molar-refractivity contribution is -0.140. The van der Waals surface area contributed by atoms with Gasteiger partial charge < -0.3 is 20.9 Å². The highest BCUT2D eigenvalue weighted by molar-refractivity contribution is 6.04. The maximum Gasteiger partial charge on any atom is 0.319 e. The van der Waals surface area contributed by atoms with Gasteiger partial charge in [0.15, 0.2) is 0 Å². The summed E-state index contributed by atoms with van der Waals surface area (Å²) >= 11 is 0. The van der Waals surface area contributed by atoms with Gasteiger partial charge in [0.25, 0.3) is 11.9 Å². The van der Waals surface area contributed by atoms with Crippen LogP contribution in [0, 0.1) is 6.92 Å². The molecule has 1 aliphatic carbocycles. The molecule has 2 heterocycles. The van der Waals surface area contributed by atoms with Gasteiger partial charge in [0.05, 0.1) is 6.04 Å². The Kier molecular flexibility index (Phi) is 10.5. The summed E-state index contributed by atoms with van der Waals surface area (Å²) < 4.78 is 0. The van der Waals surface area contributed by atoms with Crippen LogP contribution in [-0.4, -0.2) is 67.4 Å². The third kappa shape index (κ3) is 8.33. The molecule has 1 saturated carbocycles. The number of carbonyl (C=O) groups excluding carboxylic acids is 4. The minimum absolute atomic E-state index is 0.0149. The number of likely N-dealkylation sites (tertiary alicyclic amines) is 1. The Bertz CT molecular complexity index is 1810. The van der Waals surface area contributed by atoms with Crippen molar-refractivity contribution in [1.82, 2.24) is 36.2 Å². The zero-order chi connectivity index (χ0) is 35.1. The maximum atomic E-state index is 14.6. The van der Waals surface area contributed by atoms with Crippen molar-refractivity contribution in [3.8, 4) is 0 Å². The van der Waals surface area contributed by atoms with Crippen molar-refractivity contribution in [2.75, 3.05) is 17.2 Å². The maximum absolute atomic E-state index is 14.6. The van der Waals surface area contributed by atoms with Crippen LogP contribution in [-0.2, 0) is 9.59 Å². The molecule has 13 heteroatoms. The van der Waals surface area contributed by atoms with E-state index in [4.69, 9.17) is 0 Å². The van der Waals surface area contributed by atoms with Crippen molar-refractivity contribution in [3.05, 3.63) is 101 Å². The Labute approximate surface area is 291 Å². The number of aromatic nitrogens is 4. The van der Waals surface area contributed by atoms with Crippen LogP contribution in [0.15, 0.2) is 78.9 Å². The molecule has 0 radical (unpaired) electrons. The number of hydrogen-bond acceptors (Lipinski definition) is 7. The molecule has 5 N–H and O–H groups in total. The lowest BCUT2D eigenvalue weighted by Crippen LogP contribution is -2.54. The lowest BCUT2D eigenvalue weighted by atomic mass is 9.83. The number of anilines is 2. The first-order chi connectivity index (χ1) is 24.2.